The van der Waals surface area contributed by atoms with Crippen LogP contribution in [0.25, 0.3) is 0 Å². The highest BCUT2D eigenvalue weighted by Gasteiger charge is 2.29. The number of hydrogen-bond donors (Lipinski definition) is 1. The van der Waals surface area contributed by atoms with Crippen LogP contribution >= 0.6 is 0 Å². The van der Waals surface area contributed by atoms with Gasteiger partial charge in [0, 0.05) is 14.1 Å². The minimum absolute atomic E-state index is 0.684. The largest absolute Gasteiger partial charge is 0.467 e. The number of furan rings is 1. The number of anilines is 2. The molecule has 2 N–H and O–H groups in total. The summed E-state index contributed by atoms with van der Waals surface area (Å²) in [6, 6.07) is 10.3. The Hall–Kier alpha value is -1.94. The molecule has 0 radical (unpaired) electrons. The molecule has 1 aliphatic rings. The fourth-order valence-electron chi connectivity index (χ4n) is 2.69. The van der Waals surface area contributed by atoms with E-state index in [-0.39, 0.29) is 0 Å². The van der Waals surface area contributed by atoms with Gasteiger partial charge in [0.15, 0.2) is 0 Å². The van der Waals surface area contributed by atoms with Crippen LogP contribution in [-0.4, -0.2) is 14.1 Å². The lowest BCUT2D eigenvalue weighted by molar-refractivity contribution is 0.507. The van der Waals surface area contributed by atoms with Gasteiger partial charge in [-0.05, 0) is 42.5 Å². The second-order valence-corrected chi connectivity index (χ2v) is 5.54. The maximum atomic E-state index is 6.00. The summed E-state index contributed by atoms with van der Waals surface area (Å²) in [6.07, 6.45) is 4.27. The summed E-state index contributed by atoms with van der Waals surface area (Å²) in [7, 11) is 3.98. The van der Waals surface area contributed by atoms with E-state index in [9.17, 15) is 0 Å². The SMILES string of the molecule is CN(N)c1cccc(C2CC2)c1N(C)Cc1ccco1. The van der Waals surface area contributed by atoms with Gasteiger partial charge in [-0.15, -0.1) is 0 Å². The summed E-state index contributed by atoms with van der Waals surface area (Å²) in [4.78, 5) is 2.23. The molecule has 0 amide bonds. The van der Waals surface area contributed by atoms with Gasteiger partial charge in [-0.1, -0.05) is 12.1 Å². The average molecular weight is 271 g/mol. The van der Waals surface area contributed by atoms with Crippen molar-refractivity contribution >= 4 is 11.4 Å². The predicted molar refractivity (Wildman–Crippen MR) is 81.8 cm³/mol. The van der Waals surface area contributed by atoms with Crippen molar-refractivity contribution in [3.8, 4) is 0 Å². The number of benzene rings is 1. The van der Waals surface area contributed by atoms with Crippen molar-refractivity contribution in [2.24, 2.45) is 5.84 Å². The average Bonchev–Trinajstić information content (AvgIpc) is 3.16. The minimum atomic E-state index is 0.684. The van der Waals surface area contributed by atoms with Gasteiger partial charge >= 0.3 is 0 Å². The van der Waals surface area contributed by atoms with Crippen molar-refractivity contribution in [2.45, 2.75) is 25.3 Å². The molecular weight excluding hydrogens is 250 g/mol. The summed E-state index contributed by atoms with van der Waals surface area (Å²) >= 11 is 0. The van der Waals surface area contributed by atoms with Gasteiger partial charge in [-0.2, -0.15) is 0 Å². The third-order valence-corrected chi connectivity index (χ3v) is 3.80. The highest BCUT2D eigenvalue weighted by molar-refractivity contribution is 5.75. The van der Waals surface area contributed by atoms with Crippen molar-refractivity contribution in [3.63, 3.8) is 0 Å². The summed E-state index contributed by atoms with van der Waals surface area (Å²) in [5.74, 6) is 7.64. The van der Waals surface area contributed by atoms with Crippen LogP contribution in [0.15, 0.2) is 41.0 Å². The maximum absolute atomic E-state index is 6.00. The molecule has 1 aliphatic carbocycles. The van der Waals surface area contributed by atoms with Gasteiger partial charge in [0.05, 0.1) is 24.2 Å². The number of nitrogens with zero attached hydrogens (tertiary/aromatic N) is 2. The van der Waals surface area contributed by atoms with E-state index in [2.05, 4.69) is 30.1 Å². The molecule has 0 aliphatic heterocycles. The molecule has 1 heterocycles. The molecule has 1 saturated carbocycles. The lowest BCUT2D eigenvalue weighted by atomic mass is 10.1. The topological polar surface area (TPSA) is 45.6 Å². The van der Waals surface area contributed by atoms with Crippen LogP contribution in [-0.2, 0) is 6.54 Å². The predicted octanol–water partition coefficient (Wildman–Crippen LogP) is 3.10. The summed E-state index contributed by atoms with van der Waals surface area (Å²) in [6.45, 7) is 0.748. The van der Waals surface area contributed by atoms with Gasteiger partial charge in [0.2, 0.25) is 0 Å². The molecule has 3 rings (SSSR count). The standard InChI is InChI=1S/C16H21N3O/c1-18(11-13-5-4-10-20-13)16-14(12-8-9-12)6-3-7-15(16)19(2)17/h3-7,10,12H,8-9,11,17H2,1-2H3. The Morgan fingerprint density at radius 3 is 2.60 bits per heavy atom. The Kier molecular flexibility index (Phi) is 3.40. The van der Waals surface area contributed by atoms with E-state index < -0.39 is 0 Å². The van der Waals surface area contributed by atoms with Crippen LogP contribution in [0.4, 0.5) is 11.4 Å². The smallest absolute Gasteiger partial charge is 0.123 e. The third kappa shape index (κ3) is 2.51. The number of rotatable bonds is 5. The van der Waals surface area contributed by atoms with Crippen molar-refractivity contribution in [2.75, 3.05) is 24.0 Å². The van der Waals surface area contributed by atoms with E-state index in [1.54, 1.807) is 11.3 Å². The lowest BCUT2D eigenvalue weighted by Crippen LogP contribution is -2.29. The fraction of sp³-hybridized carbons (Fsp3) is 0.375. The maximum Gasteiger partial charge on any atom is 0.123 e. The molecule has 1 aromatic heterocycles. The number of nitrogens with two attached hydrogens (primary N) is 1. The van der Waals surface area contributed by atoms with Gasteiger partial charge in [0.1, 0.15) is 5.76 Å². The van der Waals surface area contributed by atoms with Crippen LogP contribution in [0.2, 0.25) is 0 Å². The van der Waals surface area contributed by atoms with Gasteiger partial charge in [-0.25, -0.2) is 5.84 Å². The second-order valence-electron chi connectivity index (χ2n) is 5.54. The Morgan fingerprint density at radius 2 is 2.00 bits per heavy atom. The molecule has 0 spiro atoms. The normalized spacial score (nSPS) is 14.3. The third-order valence-electron chi connectivity index (χ3n) is 3.80. The van der Waals surface area contributed by atoms with Gasteiger partial charge < -0.3 is 14.3 Å². The van der Waals surface area contributed by atoms with Gasteiger partial charge in [-0.3, -0.25) is 0 Å². The minimum Gasteiger partial charge on any atom is -0.467 e. The van der Waals surface area contributed by atoms with Crippen LogP contribution in [0.3, 0.4) is 0 Å². The number of hydrazine groups is 1. The van der Waals surface area contributed by atoms with Crippen LogP contribution < -0.4 is 15.8 Å². The second kappa shape index (κ2) is 5.21. The molecule has 20 heavy (non-hydrogen) atoms. The number of hydrogen-bond acceptors (Lipinski definition) is 4. The van der Waals surface area contributed by atoms with E-state index >= 15 is 0 Å². The molecule has 0 atom stereocenters. The molecule has 2 aromatic rings. The van der Waals surface area contributed by atoms with E-state index in [0.717, 1.165) is 18.0 Å². The van der Waals surface area contributed by atoms with Crippen molar-refractivity contribution < 1.29 is 4.42 Å². The molecule has 0 unspecified atom stereocenters. The fourth-order valence-corrected chi connectivity index (χ4v) is 2.69. The highest BCUT2D eigenvalue weighted by Crippen LogP contribution is 2.47. The van der Waals surface area contributed by atoms with Crippen LogP contribution in [0, 0.1) is 0 Å². The first-order valence-corrected chi connectivity index (χ1v) is 7.01. The zero-order valence-electron chi connectivity index (χ0n) is 12.0. The first-order valence-electron chi connectivity index (χ1n) is 7.01. The molecule has 1 fully saturated rings. The molecule has 4 nitrogen and oxygen atoms in total. The Labute approximate surface area is 119 Å². The summed E-state index contributed by atoms with van der Waals surface area (Å²) in [5.41, 5.74) is 3.67. The van der Waals surface area contributed by atoms with E-state index in [0.29, 0.717) is 5.92 Å². The first-order chi connectivity index (χ1) is 9.66. The zero-order valence-corrected chi connectivity index (χ0v) is 12.0. The molecule has 0 bridgehead atoms. The summed E-state index contributed by atoms with van der Waals surface area (Å²) in [5, 5.41) is 1.69. The quantitative estimate of drug-likeness (QED) is 0.670. The van der Waals surface area contributed by atoms with Crippen molar-refractivity contribution in [3.05, 3.63) is 47.9 Å². The lowest BCUT2D eigenvalue weighted by Gasteiger charge is -2.27. The van der Waals surface area contributed by atoms with Crippen LogP contribution in [0.5, 0.6) is 0 Å². The monoisotopic (exact) mass is 271 g/mol. The molecular formula is C16H21N3O. The molecule has 106 valence electrons. The van der Waals surface area contributed by atoms with Crippen LogP contribution in [0.1, 0.15) is 30.1 Å². The summed E-state index contributed by atoms with van der Waals surface area (Å²) < 4.78 is 5.46. The molecule has 4 heteroatoms. The van der Waals surface area contributed by atoms with Crippen molar-refractivity contribution in [1.29, 1.82) is 0 Å². The Bertz CT molecular complexity index is 553. The van der Waals surface area contributed by atoms with Gasteiger partial charge in [0.25, 0.3) is 0 Å². The van der Waals surface area contributed by atoms with E-state index in [1.165, 1.54) is 24.1 Å². The molecule has 0 saturated heterocycles. The highest BCUT2D eigenvalue weighted by atomic mass is 16.3. The number of para-hydroxylation sites is 1. The van der Waals surface area contributed by atoms with E-state index in [1.807, 2.05) is 19.2 Å². The molecule has 1 aromatic carbocycles. The Morgan fingerprint density at radius 1 is 1.20 bits per heavy atom. The van der Waals surface area contributed by atoms with Crippen molar-refractivity contribution in [1.82, 2.24) is 0 Å². The first kappa shape index (κ1) is 13.1. The van der Waals surface area contributed by atoms with E-state index in [4.69, 9.17) is 10.3 Å². The Balaban J connectivity index is 1.96. The zero-order chi connectivity index (χ0) is 14.1.